The van der Waals surface area contributed by atoms with Crippen molar-refractivity contribution in [3.05, 3.63) is 0 Å². The average molecular weight is 214 g/mol. The minimum Gasteiger partial charge on any atom is -0.329 e. The third-order valence-electron chi connectivity index (χ3n) is 2.98. The van der Waals surface area contributed by atoms with E-state index in [0.717, 1.165) is 6.42 Å². The maximum Gasteiger partial charge on any atom is 0.0163 e. The van der Waals surface area contributed by atoms with Crippen LogP contribution in [0.1, 0.15) is 71.1 Å². The van der Waals surface area contributed by atoms with Crippen LogP contribution < -0.4 is 11.5 Å². The van der Waals surface area contributed by atoms with Crippen molar-refractivity contribution in [1.82, 2.24) is 0 Å². The summed E-state index contributed by atoms with van der Waals surface area (Å²) in [6.07, 6.45) is 13.5. The van der Waals surface area contributed by atoms with Crippen LogP contribution in [0.25, 0.3) is 0 Å². The molecule has 0 aromatic heterocycles. The van der Waals surface area contributed by atoms with E-state index >= 15 is 0 Å². The molecule has 0 aliphatic carbocycles. The molecule has 0 spiro atoms. The zero-order valence-corrected chi connectivity index (χ0v) is 10.5. The van der Waals surface area contributed by atoms with Gasteiger partial charge in [0.05, 0.1) is 0 Å². The van der Waals surface area contributed by atoms with Crippen molar-refractivity contribution >= 4 is 0 Å². The summed E-state index contributed by atoms with van der Waals surface area (Å²) >= 11 is 0. The Morgan fingerprint density at radius 2 is 1.27 bits per heavy atom. The van der Waals surface area contributed by atoms with Gasteiger partial charge in [-0.1, -0.05) is 64.7 Å². The zero-order valence-electron chi connectivity index (χ0n) is 10.5. The molecule has 92 valence electrons. The molecule has 0 rings (SSSR count). The Morgan fingerprint density at radius 3 is 1.73 bits per heavy atom. The fourth-order valence-corrected chi connectivity index (χ4v) is 1.84. The number of nitrogens with two attached hydrogens (primary N) is 2. The molecule has 1 atom stereocenters. The molecule has 0 radical (unpaired) electrons. The molecule has 0 aromatic carbocycles. The molecule has 1 unspecified atom stereocenters. The van der Waals surface area contributed by atoms with Gasteiger partial charge in [0.1, 0.15) is 0 Å². The van der Waals surface area contributed by atoms with Crippen molar-refractivity contribution in [2.45, 2.75) is 77.2 Å². The molecule has 0 aromatic rings. The molecule has 2 heteroatoms. The molecule has 2 nitrogen and oxygen atoms in total. The monoisotopic (exact) mass is 214 g/mol. The van der Waals surface area contributed by atoms with Gasteiger partial charge in [0.2, 0.25) is 0 Å². The number of hydrogen-bond acceptors (Lipinski definition) is 2. The third kappa shape index (κ3) is 11.8. The average Bonchev–Trinajstić information content (AvgIpc) is 2.26. The van der Waals surface area contributed by atoms with E-state index in [1.54, 1.807) is 0 Å². The Balaban J connectivity index is 2.92. The predicted molar refractivity (Wildman–Crippen MR) is 68.9 cm³/mol. The maximum absolute atomic E-state index is 5.74. The standard InChI is InChI=1S/C13H30N2/c1-2-3-4-5-6-7-8-9-10-11-13(15)12-14/h13H,2-12,14-15H2,1H3. The highest BCUT2D eigenvalue weighted by atomic mass is 14.7. The van der Waals surface area contributed by atoms with E-state index in [1.165, 1.54) is 57.8 Å². The molecule has 0 saturated heterocycles. The molecule has 0 bridgehead atoms. The second-order valence-electron chi connectivity index (χ2n) is 4.61. The molecule has 15 heavy (non-hydrogen) atoms. The van der Waals surface area contributed by atoms with E-state index < -0.39 is 0 Å². The van der Waals surface area contributed by atoms with Crippen LogP contribution in [-0.2, 0) is 0 Å². The van der Waals surface area contributed by atoms with Crippen LogP contribution in [0.4, 0.5) is 0 Å². The first-order chi connectivity index (χ1) is 7.31. The fourth-order valence-electron chi connectivity index (χ4n) is 1.84. The van der Waals surface area contributed by atoms with Crippen LogP contribution in [0.5, 0.6) is 0 Å². The minimum absolute atomic E-state index is 0.231. The molecular weight excluding hydrogens is 184 g/mol. The van der Waals surface area contributed by atoms with Crippen LogP contribution >= 0.6 is 0 Å². The molecule has 0 aliphatic rings. The Bertz CT molecular complexity index is 115. The van der Waals surface area contributed by atoms with Crippen LogP contribution in [0, 0.1) is 0 Å². The van der Waals surface area contributed by atoms with Gasteiger partial charge in [-0.15, -0.1) is 0 Å². The van der Waals surface area contributed by atoms with Gasteiger partial charge in [-0.05, 0) is 6.42 Å². The van der Waals surface area contributed by atoms with Gasteiger partial charge >= 0.3 is 0 Å². The Hall–Kier alpha value is -0.0800. The Kier molecular flexibility index (Phi) is 11.9. The molecule has 0 saturated carbocycles. The van der Waals surface area contributed by atoms with Gasteiger partial charge in [-0.3, -0.25) is 0 Å². The summed E-state index contributed by atoms with van der Waals surface area (Å²) in [7, 11) is 0. The summed E-state index contributed by atoms with van der Waals surface area (Å²) < 4.78 is 0. The van der Waals surface area contributed by atoms with Crippen LogP contribution in [0.15, 0.2) is 0 Å². The lowest BCUT2D eigenvalue weighted by atomic mass is 10.0. The normalized spacial score (nSPS) is 13.0. The van der Waals surface area contributed by atoms with Crippen molar-refractivity contribution in [2.24, 2.45) is 11.5 Å². The van der Waals surface area contributed by atoms with Crippen molar-refractivity contribution in [2.75, 3.05) is 6.54 Å². The van der Waals surface area contributed by atoms with Gasteiger partial charge in [0.15, 0.2) is 0 Å². The fraction of sp³-hybridized carbons (Fsp3) is 1.00. The summed E-state index contributed by atoms with van der Waals surface area (Å²) in [6, 6.07) is 0.231. The molecule has 0 amide bonds. The lowest BCUT2D eigenvalue weighted by molar-refractivity contribution is 0.527. The lowest BCUT2D eigenvalue weighted by Gasteiger charge is -2.07. The lowest BCUT2D eigenvalue weighted by Crippen LogP contribution is -2.29. The quantitative estimate of drug-likeness (QED) is 0.519. The first kappa shape index (κ1) is 14.9. The van der Waals surface area contributed by atoms with Crippen molar-refractivity contribution in [3.8, 4) is 0 Å². The number of hydrogen-bond donors (Lipinski definition) is 2. The summed E-state index contributed by atoms with van der Waals surface area (Å²) in [4.78, 5) is 0. The van der Waals surface area contributed by atoms with E-state index in [2.05, 4.69) is 6.92 Å². The van der Waals surface area contributed by atoms with Crippen LogP contribution in [-0.4, -0.2) is 12.6 Å². The van der Waals surface area contributed by atoms with Gasteiger partial charge < -0.3 is 11.5 Å². The molecule has 0 fully saturated rings. The summed E-state index contributed by atoms with van der Waals surface area (Å²) in [5.41, 5.74) is 11.2. The van der Waals surface area contributed by atoms with Gasteiger partial charge in [0.25, 0.3) is 0 Å². The maximum atomic E-state index is 5.74. The first-order valence-corrected chi connectivity index (χ1v) is 6.77. The Labute approximate surface area is 95.8 Å². The summed E-state index contributed by atoms with van der Waals surface area (Å²) in [6.45, 7) is 2.90. The minimum atomic E-state index is 0.231. The number of rotatable bonds is 11. The second-order valence-corrected chi connectivity index (χ2v) is 4.61. The van der Waals surface area contributed by atoms with Crippen LogP contribution in [0.3, 0.4) is 0 Å². The van der Waals surface area contributed by atoms with E-state index in [-0.39, 0.29) is 6.04 Å². The van der Waals surface area contributed by atoms with Gasteiger partial charge in [0, 0.05) is 12.6 Å². The Morgan fingerprint density at radius 1 is 0.800 bits per heavy atom. The number of unbranched alkanes of at least 4 members (excludes halogenated alkanes) is 8. The molecule has 0 aliphatic heterocycles. The first-order valence-electron chi connectivity index (χ1n) is 6.77. The summed E-state index contributed by atoms with van der Waals surface area (Å²) in [5.74, 6) is 0. The smallest absolute Gasteiger partial charge is 0.0163 e. The van der Waals surface area contributed by atoms with E-state index in [1.807, 2.05) is 0 Å². The second kappa shape index (κ2) is 12.0. The third-order valence-corrected chi connectivity index (χ3v) is 2.98. The highest BCUT2D eigenvalue weighted by molar-refractivity contribution is 4.60. The largest absolute Gasteiger partial charge is 0.329 e. The van der Waals surface area contributed by atoms with E-state index in [4.69, 9.17) is 11.5 Å². The van der Waals surface area contributed by atoms with Crippen molar-refractivity contribution in [1.29, 1.82) is 0 Å². The van der Waals surface area contributed by atoms with Gasteiger partial charge in [-0.2, -0.15) is 0 Å². The van der Waals surface area contributed by atoms with Crippen LogP contribution in [0.2, 0.25) is 0 Å². The molecular formula is C13H30N2. The topological polar surface area (TPSA) is 52.0 Å². The van der Waals surface area contributed by atoms with Gasteiger partial charge in [-0.25, -0.2) is 0 Å². The highest BCUT2D eigenvalue weighted by Gasteiger charge is 1.98. The van der Waals surface area contributed by atoms with Crippen molar-refractivity contribution < 1.29 is 0 Å². The SMILES string of the molecule is CCCCCCCCCCCC(N)CN. The predicted octanol–water partition coefficient (Wildman–Crippen LogP) is 3.19. The molecule has 0 heterocycles. The summed E-state index contributed by atoms with van der Waals surface area (Å²) in [5, 5.41) is 0. The zero-order chi connectivity index (χ0) is 11.4. The highest BCUT2D eigenvalue weighted by Crippen LogP contribution is 2.10. The molecule has 4 N–H and O–H groups in total. The van der Waals surface area contributed by atoms with E-state index in [0.29, 0.717) is 6.54 Å². The van der Waals surface area contributed by atoms with Crippen molar-refractivity contribution in [3.63, 3.8) is 0 Å². The van der Waals surface area contributed by atoms with E-state index in [9.17, 15) is 0 Å².